The Labute approximate surface area is 151 Å². The molecule has 1 saturated carbocycles. The maximum Gasteiger partial charge on any atom is 0.422 e. The van der Waals surface area contributed by atoms with Gasteiger partial charge in [0.25, 0.3) is 0 Å². The van der Waals surface area contributed by atoms with E-state index in [1.165, 1.54) is 6.07 Å². The van der Waals surface area contributed by atoms with Crippen molar-refractivity contribution in [3.63, 3.8) is 0 Å². The van der Waals surface area contributed by atoms with Crippen LogP contribution in [0.4, 0.5) is 13.2 Å². The predicted molar refractivity (Wildman–Crippen MR) is 90.4 cm³/mol. The van der Waals surface area contributed by atoms with Crippen LogP contribution in [0.1, 0.15) is 25.7 Å². The average Bonchev–Trinajstić information content (AvgIpc) is 2.54. The molecule has 0 aliphatic heterocycles. The first-order chi connectivity index (χ1) is 12.0. The fourth-order valence-electron chi connectivity index (χ4n) is 3.03. The van der Waals surface area contributed by atoms with E-state index in [2.05, 4.69) is 19.3 Å². The van der Waals surface area contributed by atoms with Gasteiger partial charge in [0, 0.05) is 18.7 Å². The topological polar surface area (TPSA) is 71.5 Å². The fourth-order valence-corrected chi connectivity index (χ4v) is 4.28. The summed E-state index contributed by atoms with van der Waals surface area (Å²) in [4.78, 5) is 5.68. The second-order valence-corrected chi connectivity index (χ2v) is 8.55. The highest BCUT2D eigenvalue weighted by Crippen LogP contribution is 2.26. The number of pyridine rings is 1. The smallest absolute Gasteiger partial charge is 0.422 e. The molecule has 1 aromatic heterocycles. The molecule has 1 heterocycles. The Hall–Kier alpha value is -1.39. The van der Waals surface area contributed by atoms with E-state index in [0.717, 1.165) is 44.5 Å². The van der Waals surface area contributed by atoms with E-state index in [1.807, 2.05) is 14.1 Å². The van der Waals surface area contributed by atoms with Gasteiger partial charge in [-0.25, -0.2) is 18.1 Å². The zero-order valence-corrected chi connectivity index (χ0v) is 15.6. The summed E-state index contributed by atoms with van der Waals surface area (Å²) in [6.07, 6.45) is -0.0390. The number of alkyl halides is 3. The molecule has 0 amide bonds. The Morgan fingerprint density at radius 1 is 1.23 bits per heavy atom. The number of aromatic nitrogens is 1. The van der Waals surface area contributed by atoms with Gasteiger partial charge < -0.3 is 9.64 Å². The van der Waals surface area contributed by atoms with E-state index >= 15 is 0 Å². The van der Waals surface area contributed by atoms with Gasteiger partial charge >= 0.3 is 6.18 Å². The van der Waals surface area contributed by atoms with Crippen LogP contribution in [-0.2, 0) is 10.0 Å². The van der Waals surface area contributed by atoms with Gasteiger partial charge in [0.05, 0.1) is 6.20 Å². The van der Waals surface area contributed by atoms with Gasteiger partial charge in [-0.3, -0.25) is 0 Å². The van der Waals surface area contributed by atoms with E-state index in [1.54, 1.807) is 0 Å². The van der Waals surface area contributed by atoms with Crippen LogP contribution >= 0.6 is 0 Å². The van der Waals surface area contributed by atoms with Crippen LogP contribution in [0.15, 0.2) is 23.2 Å². The molecule has 0 aromatic carbocycles. The minimum atomic E-state index is -4.47. The number of hydrogen-bond donors (Lipinski definition) is 1. The highest BCUT2D eigenvalue weighted by molar-refractivity contribution is 7.89. The molecule has 26 heavy (non-hydrogen) atoms. The lowest BCUT2D eigenvalue weighted by Gasteiger charge is -2.30. The first kappa shape index (κ1) is 20.9. The quantitative estimate of drug-likeness (QED) is 0.768. The maximum absolute atomic E-state index is 12.4. The number of ether oxygens (including phenoxy) is 1. The molecule has 0 saturated heterocycles. The molecule has 0 spiro atoms. The van der Waals surface area contributed by atoms with Crippen molar-refractivity contribution >= 4 is 10.0 Å². The summed E-state index contributed by atoms with van der Waals surface area (Å²) >= 11 is 0. The Morgan fingerprint density at radius 3 is 2.38 bits per heavy atom. The molecule has 6 nitrogen and oxygen atoms in total. The van der Waals surface area contributed by atoms with Gasteiger partial charge in [-0.1, -0.05) is 0 Å². The lowest BCUT2D eigenvalue weighted by Crippen LogP contribution is -2.39. The van der Waals surface area contributed by atoms with Gasteiger partial charge in [-0.2, -0.15) is 13.2 Å². The minimum Gasteiger partial charge on any atom is -0.468 e. The van der Waals surface area contributed by atoms with Crippen molar-refractivity contribution < 1.29 is 26.3 Å². The third-order valence-electron chi connectivity index (χ3n) is 4.20. The van der Waals surface area contributed by atoms with E-state index in [4.69, 9.17) is 0 Å². The maximum atomic E-state index is 12.4. The van der Waals surface area contributed by atoms with Crippen LogP contribution in [-0.4, -0.2) is 57.8 Å². The SMILES string of the molecule is CN(C)CC1CCC(NS(=O)(=O)c2ccc(OCC(F)(F)F)nc2)CC1. The summed E-state index contributed by atoms with van der Waals surface area (Å²) in [7, 11) is 0.274. The average molecular weight is 395 g/mol. The van der Waals surface area contributed by atoms with E-state index in [9.17, 15) is 21.6 Å². The summed E-state index contributed by atoms with van der Waals surface area (Å²) in [5.74, 6) is 0.294. The van der Waals surface area contributed by atoms with Crippen LogP contribution < -0.4 is 9.46 Å². The van der Waals surface area contributed by atoms with Crippen LogP contribution in [0.2, 0.25) is 0 Å². The molecule has 0 bridgehead atoms. The highest BCUT2D eigenvalue weighted by Gasteiger charge is 2.29. The van der Waals surface area contributed by atoms with Crippen molar-refractivity contribution in [1.29, 1.82) is 0 Å². The van der Waals surface area contributed by atoms with Crippen molar-refractivity contribution in [2.45, 2.75) is 42.8 Å². The number of nitrogens with one attached hydrogen (secondary N) is 1. The highest BCUT2D eigenvalue weighted by atomic mass is 32.2. The van der Waals surface area contributed by atoms with E-state index in [0.29, 0.717) is 5.92 Å². The predicted octanol–water partition coefficient (Wildman–Crippen LogP) is 2.42. The molecular formula is C16H24F3N3O3S. The van der Waals surface area contributed by atoms with E-state index < -0.39 is 22.8 Å². The lowest BCUT2D eigenvalue weighted by molar-refractivity contribution is -0.154. The molecule has 0 unspecified atom stereocenters. The number of nitrogens with zero attached hydrogens (tertiary/aromatic N) is 2. The molecule has 148 valence electrons. The zero-order valence-electron chi connectivity index (χ0n) is 14.8. The minimum absolute atomic E-state index is 0.0905. The summed E-state index contributed by atoms with van der Waals surface area (Å²) in [6, 6.07) is 2.17. The van der Waals surface area contributed by atoms with Crippen molar-refractivity contribution in [2.75, 3.05) is 27.2 Å². The van der Waals surface area contributed by atoms with Crippen molar-refractivity contribution in [3.8, 4) is 5.88 Å². The van der Waals surface area contributed by atoms with Crippen LogP contribution in [0.25, 0.3) is 0 Å². The van der Waals surface area contributed by atoms with Crippen LogP contribution in [0, 0.1) is 5.92 Å². The normalized spacial score (nSPS) is 21.8. The largest absolute Gasteiger partial charge is 0.468 e. The zero-order chi connectivity index (χ0) is 19.4. The van der Waals surface area contributed by atoms with Gasteiger partial charge in [0.1, 0.15) is 4.90 Å². The summed E-state index contributed by atoms with van der Waals surface area (Å²) in [5, 5.41) is 0. The van der Waals surface area contributed by atoms with Crippen molar-refractivity contribution in [2.24, 2.45) is 5.92 Å². The first-order valence-corrected chi connectivity index (χ1v) is 9.86. The summed E-state index contributed by atoms with van der Waals surface area (Å²) in [5.41, 5.74) is 0. The monoisotopic (exact) mass is 395 g/mol. The van der Waals surface area contributed by atoms with Crippen molar-refractivity contribution in [3.05, 3.63) is 18.3 Å². The summed E-state index contributed by atoms with van der Waals surface area (Å²) < 4.78 is 68.3. The van der Waals surface area contributed by atoms with Gasteiger partial charge in [0.2, 0.25) is 15.9 Å². The molecule has 10 heteroatoms. The standard InChI is InChI=1S/C16H24F3N3O3S/c1-22(2)10-12-3-5-13(6-4-12)21-26(23,24)14-7-8-15(20-9-14)25-11-16(17,18)19/h7-9,12-13,21H,3-6,10-11H2,1-2H3. The first-order valence-electron chi connectivity index (χ1n) is 8.38. The Kier molecular flexibility index (Phi) is 6.86. The molecule has 1 aromatic rings. The fraction of sp³-hybridized carbons (Fsp3) is 0.688. The van der Waals surface area contributed by atoms with E-state index in [-0.39, 0.29) is 16.8 Å². The number of halogens is 3. The summed E-state index contributed by atoms with van der Waals surface area (Å²) in [6.45, 7) is -0.483. The molecule has 0 atom stereocenters. The number of hydrogen-bond acceptors (Lipinski definition) is 5. The Balaban J connectivity index is 1.90. The Bertz CT molecular complexity index is 670. The number of rotatable bonds is 7. The number of sulfonamides is 1. The molecular weight excluding hydrogens is 371 g/mol. The third-order valence-corrected chi connectivity index (χ3v) is 5.70. The molecule has 2 rings (SSSR count). The Morgan fingerprint density at radius 2 is 1.88 bits per heavy atom. The molecule has 1 N–H and O–H groups in total. The molecule has 1 aliphatic rings. The molecule has 1 aliphatic carbocycles. The van der Waals surface area contributed by atoms with Crippen LogP contribution in [0.3, 0.4) is 0 Å². The lowest BCUT2D eigenvalue weighted by atomic mass is 9.86. The second kappa shape index (κ2) is 8.53. The second-order valence-electron chi connectivity index (χ2n) is 6.84. The van der Waals surface area contributed by atoms with Crippen molar-refractivity contribution in [1.82, 2.24) is 14.6 Å². The van der Waals surface area contributed by atoms with Crippen LogP contribution in [0.5, 0.6) is 5.88 Å². The van der Waals surface area contributed by atoms with Gasteiger partial charge in [-0.15, -0.1) is 0 Å². The van der Waals surface area contributed by atoms with Gasteiger partial charge in [-0.05, 0) is 51.8 Å². The van der Waals surface area contributed by atoms with Gasteiger partial charge in [0.15, 0.2) is 6.61 Å². The third kappa shape index (κ3) is 6.73. The molecule has 0 radical (unpaired) electrons. The molecule has 1 fully saturated rings.